The van der Waals surface area contributed by atoms with Crippen LogP contribution in [0.1, 0.15) is 45.5 Å². The van der Waals surface area contributed by atoms with Crippen LogP contribution in [0.25, 0.3) is 0 Å². The molecule has 0 N–H and O–H groups in total. The van der Waals surface area contributed by atoms with Crippen molar-refractivity contribution >= 4 is 17.3 Å². The minimum Gasteiger partial charge on any atom is -0.496 e. The Bertz CT molecular complexity index is 652. The van der Waals surface area contributed by atoms with Gasteiger partial charge in [0.2, 0.25) is 0 Å². The Balaban J connectivity index is 2.26. The van der Waals surface area contributed by atoms with Crippen LogP contribution >= 0.6 is 11.5 Å². The van der Waals surface area contributed by atoms with E-state index in [2.05, 4.69) is 21.5 Å². The molecule has 0 unspecified atom stereocenters. The van der Waals surface area contributed by atoms with E-state index in [1.54, 1.807) is 13.3 Å². The molecule has 0 radical (unpaired) electrons. The van der Waals surface area contributed by atoms with Crippen molar-refractivity contribution in [1.82, 2.24) is 14.6 Å². The second-order valence-corrected chi connectivity index (χ2v) is 5.70. The van der Waals surface area contributed by atoms with Gasteiger partial charge in [-0.15, -0.1) is 5.10 Å². The van der Waals surface area contributed by atoms with Crippen molar-refractivity contribution in [2.24, 2.45) is 0 Å². The Hall–Kier alpha value is -1.82. The summed E-state index contributed by atoms with van der Waals surface area (Å²) in [6.07, 6.45) is 3.72. The minimum absolute atomic E-state index is 0.0231. The third-order valence-electron chi connectivity index (χ3n) is 3.37. The van der Waals surface area contributed by atoms with E-state index in [9.17, 15) is 4.79 Å². The van der Waals surface area contributed by atoms with Gasteiger partial charge in [-0.25, -0.2) is 0 Å². The van der Waals surface area contributed by atoms with Gasteiger partial charge in [0.05, 0.1) is 24.9 Å². The lowest BCUT2D eigenvalue weighted by Gasteiger charge is -2.11. The van der Waals surface area contributed by atoms with E-state index < -0.39 is 0 Å². The number of carbonyl (C=O) groups excluding carboxylic acids is 1. The summed E-state index contributed by atoms with van der Waals surface area (Å²) in [7, 11) is 1.63. The number of aromatic nitrogens is 3. The summed E-state index contributed by atoms with van der Waals surface area (Å²) in [4.78, 5) is 17.5. The van der Waals surface area contributed by atoms with Crippen molar-refractivity contribution in [2.45, 2.75) is 40.0 Å². The Morgan fingerprint density at radius 3 is 2.76 bits per heavy atom. The molecule has 2 aromatic heterocycles. The van der Waals surface area contributed by atoms with E-state index in [-0.39, 0.29) is 12.2 Å². The number of hydrogen-bond donors (Lipinski definition) is 0. The largest absolute Gasteiger partial charge is 0.496 e. The van der Waals surface area contributed by atoms with Gasteiger partial charge in [0.1, 0.15) is 10.6 Å². The number of ether oxygens (including phenoxy) is 1. The fourth-order valence-electron chi connectivity index (χ4n) is 2.30. The highest BCUT2D eigenvalue weighted by atomic mass is 32.1. The zero-order chi connectivity index (χ0) is 15.4. The van der Waals surface area contributed by atoms with Crippen molar-refractivity contribution in [3.05, 3.63) is 33.6 Å². The molecule has 0 saturated carbocycles. The van der Waals surface area contributed by atoms with Crippen LogP contribution in [0.15, 0.2) is 6.20 Å². The highest BCUT2D eigenvalue weighted by Crippen LogP contribution is 2.25. The van der Waals surface area contributed by atoms with E-state index in [0.717, 1.165) is 41.1 Å². The number of hydrogen-bond acceptors (Lipinski definition) is 6. The second kappa shape index (κ2) is 6.76. The monoisotopic (exact) mass is 305 g/mol. The molecule has 2 aromatic rings. The highest BCUT2D eigenvalue weighted by Gasteiger charge is 2.19. The zero-order valence-electron chi connectivity index (χ0n) is 12.8. The van der Waals surface area contributed by atoms with E-state index in [1.807, 2.05) is 13.8 Å². The van der Waals surface area contributed by atoms with Gasteiger partial charge in [0, 0.05) is 17.3 Å². The predicted molar refractivity (Wildman–Crippen MR) is 82.2 cm³/mol. The molecule has 0 aliphatic rings. The van der Waals surface area contributed by atoms with Gasteiger partial charge in [0.25, 0.3) is 0 Å². The average Bonchev–Trinajstić information content (AvgIpc) is 2.91. The van der Waals surface area contributed by atoms with Crippen LogP contribution in [0, 0.1) is 13.8 Å². The number of Topliss-reactive ketones (excluding diaryl/α,β-unsaturated/α-hetero) is 1. The van der Waals surface area contributed by atoms with Crippen LogP contribution in [0.3, 0.4) is 0 Å². The van der Waals surface area contributed by atoms with Gasteiger partial charge >= 0.3 is 0 Å². The molecule has 0 saturated heterocycles. The molecule has 0 atom stereocenters. The first-order valence-corrected chi connectivity index (χ1v) is 7.69. The summed E-state index contributed by atoms with van der Waals surface area (Å²) < 4.78 is 9.28. The van der Waals surface area contributed by atoms with E-state index in [1.165, 1.54) is 11.5 Å². The van der Waals surface area contributed by atoms with Crippen LogP contribution in [0.5, 0.6) is 5.75 Å². The Kier molecular flexibility index (Phi) is 5.01. The maximum Gasteiger partial charge on any atom is 0.182 e. The van der Waals surface area contributed by atoms with Crippen LogP contribution < -0.4 is 4.74 Å². The number of ketones is 1. The summed E-state index contributed by atoms with van der Waals surface area (Å²) in [6, 6.07) is 0. The van der Waals surface area contributed by atoms with Crippen molar-refractivity contribution < 1.29 is 9.53 Å². The Morgan fingerprint density at radius 2 is 2.10 bits per heavy atom. The molecule has 0 spiro atoms. The molecular weight excluding hydrogens is 286 g/mol. The fourth-order valence-corrected chi connectivity index (χ4v) is 2.95. The summed E-state index contributed by atoms with van der Waals surface area (Å²) in [5.74, 6) is 0.818. The standard InChI is InChI=1S/C15H19N3O2S/c1-5-6-11-15(21-18-17-11)13(19)7-12-10(3)14(20-4)9(2)8-16-12/h8H,5-7H2,1-4H3. The summed E-state index contributed by atoms with van der Waals surface area (Å²) in [5.41, 5.74) is 3.43. The first-order valence-electron chi connectivity index (χ1n) is 6.92. The number of aryl methyl sites for hydroxylation is 2. The van der Waals surface area contributed by atoms with Crippen LogP contribution in [0.2, 0.25) is 0 Å². The third kappa shape index (κ3) is 3.26. The molecule has 0 aliphatic carbocycles. The van der Waals surface area contributed by atoms with Crippen molar-refractivity contribution in [1.29, 1.82) is 0 Å². The number of nitrogens with zero attached hydrogens (tertiary/aromatic N) is 3. The van der Waals surface area contributed by atoms with Gasteiger partial charge < -0.3 is 4.74 Å². The minimum atomic E-state index is 0.0231. The molecule has 2 heterocycles. The molecule has 0 fully saturated rings. The van der Waals surface area contributed by atoms with Crippen molar-refractivity contribution in [3.63, 3.8) is 0 Å². The maximum absolute atomic E-state index is 12.5. The number of methoxy groups -OCH3 is 1. The molecule has 112 valence electrons. The SMILES string of the molecule is CCCc1nnsc1C(=O)Cc1ncc(C)c(OC)c1C. The van der Waals surface area contributed by atoms with E-state index in [4.69, 9.17) is 4.74 Å². The number of pyridine rings is 1. The number of carbonyl (C=O) groups is 1. The molecule has 0 aliphatic heterocycles. The van der Waals surface area contributed by atoms with Gasteiger partial charge in [-0.3, -0.25) is 9.78 Å². The quantitative estimate of drug-likeness (QED) is 0.768. The maximum atomic E-state index is 12.5. The Morgan fingerprint density at radius 1 is 1.33 bits per heavy atom. The van der Waals surface area contributed by atoms with Gasteiger partial charge in [-0.1, -0.05) is 17.8 Å². The lowest BCUT2D eigenvalue weighted by Crippen LogP contribution is -2.09. The average molecular weight is 305 g/mol. The van der Waals surface area contributed by atoms with Crippen molar-refractivity contribution in [2.75, 3.05) is 7.11 Å². The van der Waals surface area contributed by atoms with Gasteiger partial charge in [-0.05, 0) is 31.8 Å². The lowest BCUT2D eigenvalue weighted by atomic mass is 10.0. The van der Waals surface area contributed by atoms with E-state index in [0.29, 0.717) is 4.88 Å². The van der Waals surface area contributed by atoms with Crippen LogP contribution in [-0.4, -0.2) is 27.5 Å². The second-order valence-electron chi connectivity index (χ2n) is 4.94. The third-order valence-corrected chi connectivity index (χ3v) is 4.18. The van der Waals surface area contributed by atoms with Crippen LogP contribution in [-0.2, 0) is 12.8 Å². The van der Waals surface area contributed by atoms with Gasteiger partial charge in [0.15, 0.2) is 5.78 Å². The molecule has 6 heteroatoms. The molecule has 0 bridgehead atoms. The predicted octanol–water partition coefficient (Wildman–Crippen LogP) is 2.94. The van der Waals surface area contributed by atoms with Crippen LogP contribution in [0.4, 0.5) is 0 Å². The normalized spacial score (nSPS) is 10.7. The molecule has 21 heavy (non-hydrogen) atoms. The first kappa shape index (κ1) is 15.6. The zero-order valence-corrected chi connectivity index (χ0v) is 13.6. The molecule has 0 amide bonds. The van der Waals surface area contributed by atoms with E-state index >= 15 is 0 Å². The topological polar surface area (TPSA) is 65.0 Å². The summed E-state index contributed by atoms with van der Waals surface area (Å²) in [6.45, 7) is 5.93. The molecule has 5 nitrogen and oxygen atoms in total. The molecule has 2 rings (SSSR count). The molecular formula is C15H19N3O2S. The Labute approximate surface area is 128 Å². The summed E-state index contributed by atoms with van der Waals surface area (Å²) in [5, 5.41) is 4.04. The lowest BCUT2D eigenvalue weighted by molar-refractivity contribution is 0.0994. The fraction of sp³-hybridized carbons (Fsp3) is 0.467. The smallest absolute Gasteiger partial charge is 0.182 e. The first-order chi connectivity index (χ1) is 10.1. The van der Waals surface area contributed by atoms with Gasteiger partial charge in [-0.2, -0.15) is 0 Å². The number of rotatable bonds is 6. The van der Waals surface area contributed by atoms with Crippen molar-refractivity contribution in [3.8, 4) is 5.75 Å². The summed E-state index contributed by atoms with van der Waals surface area (Å²) >= 11 is 1.17. The molecule has 0 aromatic carbocycles. The highest BCUT2D eigenvalue weighted by molar-refractivity contribution is 7.08.